The molecule has 0 bridgehead atoms. The van der Waals surface area contributed by atoms with E-state index < -0.39 is 0 Å². The van der Waals surface area contributed by atoms with E-state index in [1.54, 1.807) is 14.2 Å². The molecule has 0 aromatic heterocycles. The summed E-state index contributed by atoms with van der Waals surface area (Å²) in [6.45, 7) is 6.36. The molecule has 2 aliphatic rings. The normalized spacial score (nSPS) is 22.3. The van der Waals surface area contributed by atoms with Gasteiger partial charge in [0, 0.05) is 52.9 Å². The third kappa shape index (κ3) is 5.00. The number of hydrogen-bond donors (Lipinski definition) is 0. The van der Waals surface area contributed by atoms with Crippen LogP contribution in [0.2, 0.25) is 0 Å². The Morgan fingerprint density at radius 1 is 1.15 bits per heavy atom. The Morgan fingerprint density at radius 2 is 1.89 bits per heavy atom. The molecule has 6 nitrogen and oxygen atoms in total. The molecule has 1 aromatic rings. The molecule has 3 rings (SSSR count). The zero-order valence-corrected chi connectivity index (χ0v) is 16.6. The highest BCUT2D eigenvalue weighted by atomic mass is 16.5. The van der Waals surface area contributed by atoms with Gasteiger partial charge in [-0.05, 0) is 30.4 Å². The van der Waals surface area contributed by atoms with Crippen molar-refractivity contribution >= 4 is 5.91 Å². The van der Waals surface area contributed by atoms with Crippen molar-refractivity contribution in [2.45, 2.75) is 12.8 Å². The summed E-state index contributed by atoms with van der Waals surface area (Å²) < 4.78 is 16.4. The van der Waals surface area contributed by atoms with Gasteiger partial charge in [-0.15, -0.1) is 0 Å². The Kier molecular flexibility index (Phi) is 7.10. The molecule has 0 radical (unpaired) electrons. The van der Waals surface area contributed by atoms with Crippen molar-refractivity contribution in [3.8, 4) is 5.75 Å². The highest BCUT2D eigenvalue weighted by Crippen LogP contribution is 2.44. The fourth-order valence-corrected chi connectivity index (χ4v) is 4.49. The van der Waals surface area contributed by atoms with Crippen molar-refractivity contribution in [3.05, 3.63) is 30.3 Å². The number of carbonyl (C=O) groups excluding carboxylic acids is 1. The average Bonchev–Trinajstić information content (AvgIpc) is 3.03. The minimum atomic E-state index is 0.0752. The molecule has 0 saturated carbocycles. The van der Waals surface area contributed by atoms with Crippen molar-refractivity contribution < 1.29 is 19.0 Å². The molecule has 6 heteroatoms. The van der Waals surface area contributed by atoms with E-state index in [0.717, 1.165) is 64.5 Å². The van der Waals surface area contributed by atoms with Crippen LogP contribution < -0.4 is 4.74 Å². The Balaban J connectivity index is 1.52. The maximum absolute atomic E-state index is 12.5. The second-order valence-electron chi connectivity index (χ2n) is 7.73. The summed E-state index contributed by atoms with van der Waals surface area (Å²) in [4.78, 5) is 17.0. The number of amides is 1. The summed E-state index contributed by atoms with van der Waals surface area (Å²) in [5, 5.41) is 0. The van der Waals surface area contributed by atoms with Crippen molar-refractivity contribution in [3.63, 3.8) is 0 Å². The van der Waals surface area contributed by atoms with Gasteiger partial charge in [-0.3, -0.25) is 4.79 Å². The van der Waals surface area contributed by atoms with Gasteiger partial charge in [0.2, 0.25) is 0 Å². The SMILES string of the molecule is COCCN1C[C@H](COC)C2(CCN(C(=O)COc3ccccc3)CC2)C1. The number of benzene rings is 1. The van der Waals surface area contributed by atoms with Gasteiger partial charge in [-0.2, -0.15) is 0 Å². The summed E-state index contributed by atoms with van der Waals surface area (Å²) in [5.41, 5.74) is 0.251. The first-order chi connectivity index (χ1) is 13.2. The van der Waals surface area contributed by atoms with Crippen LogP contribution >= 0.6 is 0 Å². The van der Waals surface area contributed by atoms with Gasteiger partial charge in [-0.25, -0.2) is 0 Å². The monoisotopic (exact) mass is 376 g/mol. The van der Waals surface area contributed by atoms with Crippen molar-refractivity contribution in [1.82, 2.24) is 9.80 Å². The largest absolute Gasteiger partial charge is 0.484 e. The molecular weight excluding hydrogens is 344 g/mol. The maximum Gasteiger partial charge on any atom is 0.260 e. The molecule has 1 atom stereocenters. The van der Waals surface area contributed by atoms with Gasteiger partial charge in [-0.1, -0.05) is 18.2 Å². The fourth-order valence-electron chi connectivity index (χ4n) is 4.49. The molecule has 2 saturated heterocycles. The van der Waals surface area contributed by atoms with E-state index in [0.29, 0.717) is 5.92 Å². The highest BCUT2D eigenvalue weighted by molar-refractivity contribution is 5.77. The quantitative estimate of drug-likeness (QED) is 0.694. The molecular formula is C21H32N2O4. The van der Waals surface area contributed by atoms with Crippen LogP contribution in [0, 0.1) is 11.3 Å². The van der Waals surface area contributed by atoms with E-state index in [1.807, 2.05) is 35.2 Å². The molecule has 0 aliphatic carbocycles. The van der Waals surface area contributed by atoms with Crippen LogP contribution in [-0.2, 0) is 14.3 Å². The minimum absolute atomic E-state index is 0.0752. The molecule has 2 heterocycles. The molecule has 1 spiro atoms. The first-order valence-corrected chi connectivity index (χ1v) is 9.83. The minimum Gasteiger partial charge on any atom is -0.484 e. The highest BCUT2D eigenvalue weighted by Gasteiger charge is 2.48. The Morgan fingerprint density at radius 3 is 2.56 bits per heavy atom. The molecule has 0 N–H and O–H groups in total. The van der Waals surface area contributed by atoms with Gasteiger partial charge in [0.15, 0.2) is 6.61 Å². The topological polar surface area (TPSA) is 51.2 Å². The molecule has 2 fully saturated rings. The van der Waals surface area contributed by atoms with E-state index in [4.69, 9.17) is 14.2 Å². The average molecular weight is 376 g/mol. The van der Waals surface area contributed by atoms with Crippen LogP contribution in [0.25, 0.3) is 0 Å². The van der Waals surface area contributed by atoms with Gasteiger partial charge >= 0.3 is 0 Å². The van der Waals surface area contributed by atoms with Gasteiger partial charge in [0.1, 0.15) is 5.75 Å². The fraction of sp³-hybridized carbons (Fsp3) is 0.667. The first-order valence-electron chi connectivity index (χ1n) is 9.83. The van der Waals surface area contributed by atoms with Crippen LogP contribution in [0.5, 0.6) is 5.75 Å². The zero-order valence-electron chi connectivity index (χ0n) is 16.6. The number of carbonyl (C=O) groups is 1. The van der Waals surface area contributed by atoms with E-state index in [9.17, 15) is 4.79 Å². The van der Waals surface area contributed by atoms with Crippen LogP contribution in [-0.4, -0.2) is 82.5 Å². The lowest BCUT2D eigenvalue weighted by Crippen LogP contribution is -2.48. The maximum atomic E-state index is 12.5. The van der Waals surface area contributed by atoms with Crippen molar-refractivity contribution in [2.75, 3.05) is 66.8 Å². The number of likely N-dealkylation sites (tertiary alicyclic amines) is 2. The lowest BCUT2D eigenvalue weighted by molar-refractivity contribution is -0.136. The van der Waals surface area contributed by atoms with Crippen molar-refractivity contribution in [2.24, 2.45) is 11.3 Å². The molecule has 1 aromatic carbocycles. The van der Waals surface area contributed by atoms with E-state index >= 15 is 0 Å². The number of para-hydroxylation sites is 1. The van der Waals surface area contributed by atoms with Crippen LogP contribution in [0.3, 0.4) is 0 Å². The second kappa shape index (κ2) is 9.53. The van der Waals surface area contributed by atoms with Gasteiger partial charge < -0.3 is 24.0 Å². The van der Waals surface area contributed by atoms with E-state index in [-0.39, 0.29) is 17.9 Å². The van der Waals surface area contributed by atoms with E-state index in [2.05, 4.69) is 4.90 Å². The predicted molar refractivity (Wildman–Crippen MR) is 104 cm³/mol. The predicted octanol–water partition coefficient (Wildman–Crippen LogP) is 1.90. The van der Waals surface area contributed by atoms with E-state index in [1.165, 1.54) is 0 Å². The number of ether oxygens (including phenoxy) is 3. The Hall–Kier alpha value is -1.63. The zero-order chi connectivity index (χ0) is 19.1. The standard InChI is InChI=1S/C21H32N2O4/c1-25-13-12-22-14-18(15-26-2)21(17-22)8-10-23(11-9-21)20(24)16-27-19-6-4-3-5-7-19/h3-7,18H,8-17H2,1-2H3/t18-/m1/s1. The molecule has 0 unspecified atom stereocenters. The number of hydrogen-bond acceptors (Lipinski definition) is 5. The third-order valence-corrected chi connectivity index (χ3v) is 6.08. The van der Waals surface area contributed by atoms with Crippen molar-refractivity contribution in [1.29, 1.82) is 0 Å². The molecule has 150 valence electrons. The number of methoxy groups -OCH3 is 2. The first kappa shape index (κ1) is 20.1. The smallest absolute Gasteiger partial charge is 0.260 e. The molecule has 2 aliphatic heterocycles. The molecule has 1 amide bonds. The number of piperidine rings is 1. The summed E-state index contributed by atoms with van der Waals surface area (Å²) in [6.07, 6.45) is 2.06. The summed E-state index contributed by atoms with van der Waals surface area (Å²) in [7, 11) is 3.53. The summed E-state index contributed by atoms with van der Waals surface area (Å²) >= 11 is 0. The lowest BCUT2D eigenvalue weighted by atomic mass is 9.71. The van der Waals surface area contributed by atoms with Crippen LogP contribution in [0.1, 0.15) is 12.8 Å². The number of nitrogens with zero attached hydrogens (tertiary/aromatic N) is 2. The second-order valence-corrected chi connectivity index (χ2v) is 7.73. The lowest BCUT2D eigenvalue weighted by Gasteiger charge is -2.42. The Labute approximate surface area is 162 Å². The van der Waals surface area contributed by atoms with Crippen LogP contribution in [0.15, 0.2) is 30.3 Å². The summed E-state index contributed by atoms with van der Waals surface area (Å²) in [5.74, 6) is 1.34. The number of rotatable bonds is 8. The Bertz CT molecular complexity index is 587. The van der Waals surface area contributed by atoms with Gasteiger partial charge in [0.25, 0.3) is 5.91 Å². The van der Waals surface area contributed by atoms with Gasteiger partial charge in [0.05, 0.1) is 13.2 Å². The summed E-state index contributed by atoms with van der Waals surface area (Å²) in [6, 6.07) is 9.51. The van der Waals surface area contributed by atoms with Crippen LogP contribution in [0.4, 0.5) is 0 Å². The molecule has 27 heavy (non-hydrogen) atoms. The third-order valence-electron chi connectivity index (χ3n) is 6.08.